The van der Waals surface area contributed by atoms with Crippen molar-refractivity contribution >= 4 is 0 Å². The quantitative estimate of drug-likeness (QED) is 0.610. The molecule has 2 fully saturated rings. The lowest BCUT2D eigenvalue weighted by molar-refractivity contribution is 0.0897. The molecule has 66 valence electrons. The van der Waals surface area contributed by atoms with Gasteiger partial charge in [0.05, 0.1) is 18.2 Å². The summed E-state index contributed by atoms with van der Waals surface area (Å²) >= 11 is 0. The highest BCUT2D eigenvalue weighted by Gasteiger charge is 2.43. The van der Waals surface area contributed by atoms with Crippen LogP contribution >= 0.6 is 0 Å². The predicted octanol–water partition coefficient (Wildman–Crippen LogP) is 0.775. The lowest BCUT2D eigenvalue weighted by Crippen LogP contribution is -2.37. The molecule has 12 heavy (non-hydrogen) atoms. The first kappa shape index (κ1) is 8.10. The second-order valence-corrected chi connectivity index (χ2v) is 3.71. The van der Waals surface area contributed by atoms with Gasteiger partial charge in [-0.25, -0.2) is 0 Å². The summed E-state index contributed by atoms with van der Waals surface area (Å²) in [4.78, 5) is 0. The van der Waals surface area contributed by atoms with E-state index in [0.29, 0.717) is 18.1 Å². The molecule has 0 aromatic carbocycles. The van der Waals surface area contributed by atoms with Crippen LogP contribution in [0.5, 0.6) is 0 Å². The van der Waals surface area contributed by atoms with Crippen molar-refractivity contribution in [3.63, 3.8) is 0 Å². The van der Waals surface area contributed by atoms with Gasteiger partial charge in [0.25, 0.3) is 0 Å². The van der Waals surface area contributed by atoms with Gasteiger partial charge in [0.1, 0.15) is 0 Å². The van der Waals surface area contributed by atoms with Gasteiger partial charge >= 0.3 is 0 Å². The molecule has 2 saturated heterocycles. The first-order chi connectivity index (χ1) is 5.85. The average Bonchev–Trinajstić information content (AvgIpc) is 2.67. The van der Waals surface area contributed by atoms with Gasteiger partial charge in [-0.15, -0.1) is 6.42 Å². The topological polar surface area (TPSA) is 21.3 Å². The molecule has 0 amide bonds. The molecular weight excluding hydrogens is 150 g/mol. The number of hydrogen-bond acceptors (Lipinski definition) is 2. The van der Waals surface area contributed by atoms with Gasteiger partial charge in [0.2, 0.25) is 0 Å². The SMILES string of the molecule is C#CC(NC)C1CC2CCC1O2. The van der Waals surface area contributed by atoms with Gasteiger partial charge in [-0.2, -0.15) is 0 Å². The molecule has 1 N–H and O–H groups in total. The van der Waals surface area contributed by atoms with E-state index in [4.69, 9.17) is 11.2 Å². The molecule has 0 aromatic rings. The predicted molar refractivity (Wildman–Crippen MR) is 47.7 cm³/mol. The fourth-order valence-corrected chi connectivity index (χ4v) is 2.45. The molecule has 4 atom stereocenters. The van der Waals surface area contributed by atoms with Crippen molar-refractivity contribution in [2.75, 3.05) is 7.05 Å². The second kappa shape index (κ2) is 3.08. The van der Waals surface area contributed by atoms with Crippen molar-refractivity contribution in [3.8, 4) is 12.3 Å². The van der Waals surface area contributed by atoms with Crippen LogP contribution in [0.15, 0.2) is 0 Å². The monoisotopic (exact) mass is 165 g/mol. The van der Waals surface area contributed by atoms with Gasteiger partial charge in [0, 0.05) is 5.92 Å². The van der Waals surface area contributed by atoms with Crippen LogP contribution < -0.4 is 5.32 Å². The van der Waals surface area contributed by atoms with E-state index in [1.54, 1.807) is 0 Å². The maximum Gasteiger partial charge on any atom is 0.0738 e. The van der Waals surface area contributed by atoms with Crippen molar-refractivity contribution < 1.29 is 4.74 Å². The van der Waals surface area contributed by atoms with E-state index in [1.165, 1.54) is 12.8 Å². The van der Waals surface area contributed by atoms with Gasteiger partial charge in [0.15, 0.2) is 0 Å². The summed E-state index contributed by atoms with van der Waals surface area (Å²) in [5, 5.41) is 3.16. The van der Waals surface area contributed by atoms with E-state index < -0.39 is 0 Å². The van der Waals surface area contributed by atoms with Crippen LogP contribution in [0.4, 0.5) is 0 Å². The zero-order valence-corrected chi connectivity index (χ0v) is 7.42. The van der Waals surface area contributed by atoms with E-state index in [2.05, 4.69) is 11.2 Å². The molecule has 0 saturated carbocycles. The van der Waals surface area contributed by atoms with Gasteiger partial charge in [-0.1, -0.05) is 5.92 Å². The average molecular weight is 165 g/mol. The van der Waals surface area contributed by atoms with Gasteiger partial charge in [-0.05, 0) is 26.3 Å². The first-order valence-corrected chi connectivity index (χ1v) is 4.64. The van der Waals surface area contributed by atoms with Gasteiger partial charge in [-0.3, -0.25) is 0 Å². The van der Waals surface area contributed by atoms with Crippen LogP contribution in [0.3, 0.4) is 0 Å². The third-order valence-electron chi connectivity index (χ3n) is 3.07. The van der Waals surface area contributed by atoms with Crippen LogP contribution in [0, 0.1) is 18.3 Å². The Morgan fingerprint density at radius 3 is 2.83 bits per heavy atom. The van der Waals surface area contributed by atoms with Crippen molar-refractivity contribution in [3.05, 3.63) is 0 Å². The summed E-state index contributed by atoms with van der Waals surface area (Å²) in [5.74, 6) is 3.34. The minimum absolute atomic E-state index is 0.209. The molecule has 2 aliphatic heterocycles. The summed E-state index contributed by atoms with van der Waals surface area (Å²) in [5.41, 5.74) is 0. The molecule has 0 spiro atoms. The molecule has 0 radical (unpaired) electrons. The lowest BCUT2D eigenvalue weighted by Gasteiger charge is -2.23. The third-order valence-corrected chi connectivity index (χ3v) is 3.07. The van der Waals surface area contributed by atoms with Crippen molar-refractivity contribution in [2.45, 2.75) is 37.5 Å². The summed E-state index contributed by atoms with van der Waals surface area (Å²) < 4.78 is 5.73. The number of hydrogen-bond donors (Lipinski definition) is 1. The van der Waals surface area contributed by atoms with E-state index >= 15 is 0 Å². The van der Waals surface area contributed by atoms with Crippen molar-refractivity contribution in [1.82, 2.24) is 5.32 Å². The minimum atomic E-state index is 0.209. The Balaban J connectivity index is 2.02. The normalized spacial score (nSPS) is 41.2. The Morgan fingerprint density at radius 1 is 1.58 bits per heavy atom. The zero-order valence-electron chi connectivity index (χ0n) is 7.42. The number of nitrogens with one attached hydrogen (secondary N) is 1. The van der Waals surface area contributed by atoms with Crippen LogP contribution in [-0.4, -0.2) is 25.3 Å². The standard InChI is InChI=1S/C10H15NO/c1-3-9(11-2)8-6-7-4-5-10(8)12-7/h1,7-11H,4-6H2,2H3. The third kappa shape index (κ3) is 1.14. The number of ether oxygens (including phenoxy) is 1. The fraction of sp³-hybridized carbons (Fsp3) is 0.800. The smallest absolute Gasteiger partial charge is 0.0738 e. The summed E-state index contributed by atoms with van der Waals surface area (Å²) in [6, 6.07) is 0.209. The van der Waals surface area contributed by atoms with E-state index in [0.717, 1.165) is 6.42 Å². The van der Waals surface area contributed by atoms with Crippen LogP contribution in [-0.2, 0) is 4.74 Å². The number of fused-ring (bicyclic) bond motifs is 2. The molecule has 2 heteroatoms. The molecule has 2 nitrogen and oxygen atoms in total. The van der Waals surface area contributed by atoms with Crippen LogP contribution in [0.25, 0.3) is 0 Å². The molecule has 2 heterocycles. The molecule has 4 unspecified atom stereocenters. The fourth-order valence-electron chi connectivity index (χ4n) is 2.45. The Morgan fingerprint density at radius 2 is 2.42 bits per heavy atom. The van der Waals surface area contributed by atoms with E-state index in [1.807, 2.05) is 7.05 Å². The largest absolute Gasteiger partial charge is 0.375 e. The highest BCUT2D eigenvalue weighted by Crippen LogP contribution is 2.40. The van der Waals surface area contributed by atoms with Crippen molar-refractivity contribution in [2.24, 2.45) is 5.92 Å². The van der Waals surface area contributed by atoms with E-state index in [-0.39, 0.29) is 6.04 Å². The maximum atomic E-state index is 5.73. The summed E-state index contributed by atoms with van der Waals surface area (Å²) in [7, 11) is 1.93. The van der Waals surface area contributed by atoms with Crippen LogP contribution in [0.1, 0.15) is 19.3 Å². The molecular formula is C10H15NO. The number of terminal acetylenes is 1. The van der Waals surface area contributed by atoms with Gasteiger partial charge < -0.3 is 10.1 Å². The van der Waals surface area contributed by atoms with Crippen LogP contribution in [0.2, 0.25) is 0 Å². The van der Waals surface area contributed by atoms with Crippen molar-refractivity contribution in [1.29, 1.82) is 0 Å². The Bertz CT molecular complexity index is 208. The molecule has 2 rings (SSSR count). The molecule has 0 aromatic heterocycles. The minimum Gasteiger partial charge on any atom is -0.375 e. The maximum absolute atomic E-state index is 5.73. The molecule has 2 bridgehead atoms. The first-order valence-electron chi connectivity index (χ1n) is 4.64. The second-order valence-electron chi connectivity index (χ2n) is 3.71. The highest BCUT2D eigenvalue weighted by atomic mass is 16.5. The summed E-state index contributed by atoms with van der Waals surface area (Å²) in [6.07, 6.45) is 9.96. The van der Waals surface area contributed by atoms with E-state index in [9.17, 15) is 0 Å². The Kier molecular flexibility index (Phi) is 2.08. The zero-order chi connectivity index (χ0) is 8.55. The lowest BCUT2D eigenvalue weighted by atomic mass is 9.84. The Labute approximate surface area is 73.7 Å². The number of rotatable bonds is 2. The molecule has 2 aliphatic rings. The summed E-state index contributed by atoms with van der Waals surface area (Å²) in [6.45, 7) is 0. The molecule has 0 aliphatic carbocycles. The Hall–Kier alpha value is -0.520. The highest BCUT2D eigenvalue weighted by molar-refractivity contribution is 5.07.